The van der Waals surface area contributed by atoms with Gasteiger partial charge in [-0.15, -0.1) is 0 Å². The van der Waals surface area contributed by atoms with Crippen molar-refractivity contribution in [2.75, 3.05) is 0 Å². The third-order valence-electron chi connectivity index (χ3n) is 4.19. The monoisotopic (exact) mass is 339 g/mol. The number of aromatic nitrogens is 3. The van der Waals surface area contributed by atoms with Crippen LogP contribution in [0.5, 0.6) is 11.6 Å². The zero-order valence-electron chi connectivity index (χ0n) is 13.3. The lowest BCUT2D eigenvalue weighted by Crippen LogP contribution is -1.98. The van der Waals surface area contributed by atoms with E-state index in [9.17, 15) is 10.2 Å². The van der Waals surface area contributed by atoms with Gasteiger partial charge in [0.05, 0.1) is 28.7 Å². The van der Waals surface area contributed by atoms with E-state index in [1.54, 1.807) is 22.2 Å². The molecular formula is C18H17N3O2S. The molecule has 0 fully saturated rings. The molecule has 5 nitrogen and oxygen atoms in total. The van der Waals surface area contributed by atoms with Crippen molar-refractivity contribution >= 4 is 22.4 Å². The zero-order chi connectivity index (χ0) is 16.8. The van der Waals surface area contributed by atoms with Gasteiger partial charge in [-0.25, -0.2) is 4.98 Å². The van der Waals surface area contributed by atoms with Gasteiger partial charge in [0.1, 0.15) is 0 Å². The number of benzene rings is 1. The van der Waals surface area contributed by atoms with Crippen molar-refractivity contribution in [1.82, 2.24) is 14.5 Å². The summed E-state index contributed by atoms with van der Waals surface area (Å²) in [6.45, 7) is 4.01. The molecule has 0 unspecified atom stereocenters. The standard InChI is InChI=1S/C18H17N3O2S/c1-10(2)15-16(11-5-6-24-8-11)21(18(23)17(15)22)12-3-4-13-14(7-12)20-9-19-13/h3-10,22-23H,1-2H3,(H,19,20). The lowest BCUT2D eigenvalue weighted by Gasteiger charge is -2.12. The van der Waals surface area contributed by atoms with Crippen molar-refractivity contribution in [2.24, 2.45) is 0 Å². The van der Waals surface area contributed by atoms with Gasteiger partial charge in [-0.2, -0.15) is 11.3 Å². The van der Waals surface area contributed by atoms with Crippen LogP contribution in [0.4, 0.5) is 0 Å². The molecule has 1 aromatic carbocycles. The Labute approximate surface area is 142 Å². The quantitative estimate of drug-likeness (QED) is 0.510. The molecule has 4 aromatic rings. The smallest absolute Gasteiger partial charge is 0.240 e. The van der Waals surface area contributed by atoms with Gasteiger partial charge < -0.3 is 15.2 Å². The topological polar surface area (TPSA) is 74.1 Å². The molecule has 4 rings (SSSR count). The molecule has 6 heteroatoms. The van der Waals surface area contributed by atoms with Gasteiger partial charge in [0, 0.05) is 16.5 Å². The van der Waals surface area contributed by atoms with E-state index in [4.69, 9.17) is 0 Å². The van der Waals surface area contributed by atoms with Crippen molar-refractivity contribution < 1.29 is 10.2 Å². The first-order valence-electron chi connectivity index (χ1n) is 7.70. The van der Waals surface area contributed by atoms with E-state index in [2.05, 4.69) is 9.97 Å². The van der Waals surface area contributed by atoms with Crippen LogP contribution in [0.2, 0.25) is 0 Å². The normalized spacial score (nSPS) is 11.6. The summed E-state index contributed by atoms with van der Waals surface area (Å²) in [7, 11) is 0. The fourth-order valence-corrected chi connectivity index (χ4v) is 3.75. The molecule has 0 atom stereocenters. The number of H-pyrrole nitrogens is 1. The van der Waals surface area contributed by atoms with Crippen LogP contribution in [0, 0.1) is 0 Å². The Kier molecular flexibility index (Phi) is 3.35. The molecule has 3 N–H and O–H groups in total. The molecule has 24 heavy (non-hydrogen) atoms. The first-order valence-corrected chi connectivity index (χ1v) is 8.64. The number of imidazole rings is 1. The van der Waals surface area contributed by atoms with Crippen LogP contribution in [0.15, 0.2) is 41.4 Å². The molecule has 0 saturated heterocycles. The van der Waals surface area contributed by atoms with E-state index in [1.807, 2.05) is 48.9 Å². The number of aromatic hydroxyl groups is 2. The second-order valence-electron chi connectivity index (χ2n) is 6.04. The van der Waals surface area contributed by atoms with Gasteiger partial charge >= 0.3 is 0 Å². The van der Waals surface area contributed by atoms with Gasteiger partial charge in [-0.05, 0) is 35.6 Å². The number of thiophene rings is 1. The molecule has 0 saturated carbocycles. The van der Waals surface area contributed by atoms with E-state index >= 15 is 0 Å². The predicted molar refractivity (Wildman–Crippen MR) is 96.2 cm³/mol. The summed E-state index contributed by atoms with van der Waals surface area (Å²) >= 11 is 1.59. The molecule has 0 spiro atoms. The summed E-state index contributed by atoms with van der Waals surface area (Å²) in [5, 5.41) is 25.1. The Morgan fingerprint density at radius 3 is 2.75 bits per heavy atom. The number of nitrogens with one attached hydrogen (secondary N) is 1. The molecule has 0 radical (unpaired) electrons. The Morgan fingerprint density at radius 2 is 2.04 bits per heavy atom. The molecule has 0 amide bonds. The number of hydrogen-bond acceptors (Lipinski definition) is 4. The summed E-state index contributed by atoms with van der Waals surface area (Å²) in [6.07, 6.45) is 1.64. The first-order chi connectivity index (χ1) is 11.6. The average Bonchev–Trinajstić information content (AvgIpc) is 3.27. The highest BCUT2D eigenvalue weighted by atomic mass is 32.1. The molecule has 0 aliphatic rings. The highest BCUT2D eigenvalue weighted by Crippen LogP contribution is 2.46. The Hall–Kier alpha value is -2.73. The lowest BCUT2D eigenvalue weighted by molar-refractivity contribution is 0.384. The first kappa shape index (κ1) is 14.8. The zero-order valence-corrected chi connectivity index (χ0v) is 14.1. The SMILES string of the molecule is CC(C)c1c(O)c(O)n(-c2ccc3nc[nH]c3c2)c1-c1ccsc1. The van der Waals surface area contributed by atoms with Crippen LogP contribution in [0.25, 0.3) is 28.0 Å². The number of fused-ring (bicyclic) bond motifs is 1. The summed E-state index contributed by atoms with van der Waals surface area (Å²) in [4.78, 5) is 7.31. The fourth-order valence-electron chi connectivity index (χ4n) is 3.11. The van der Waals surface area contributed by atoms with Crippen molar-refractivity contribution in [3.05, 3.63) is 46.9 Å². The van der Waals surface area contributed by atoms with Gasteiger partial charge in [-0.3, -0.25) is 4.57 Å². The number of rotatable bonds is 3. The van der Waals surface area contributed by atoms with E-state index < -0.39 is 0 Å². The van der Waals surface area contributed by atoms with Crippen molar-refractivity contribution in [3.8, 4) is 28.6 Å². The van der Waals surface area contributed by atoms with Crippen molar-refractivity contribution in [3.63, 3.8) is 0 Å². The van der Waals surface area contributed by atoms with Crippen LogP contribution >= 0.6 is 11.3 Å². The highest BCUT2D eigenvalue weighted by molar-refractivity contribution is 7.08. The van der Waals surface area contributed by atoms with E-state index in [0.717, 1.165) is 33.5 Å². The fraction of sp³-hybridized carbons (Fsp3) is 0.167. The third-order valence-corrected chi connectivity index (χ3v) is 4.87. The highest BCUT2D eigenvalue weighted by Gasteiger charge is 2.26. The molecule has 3 aromatic heterocycles. The Bertz CT molecular complexity index is 1010. The largest absolute Gasteiger partial charge is 0.503 e. The summed E-state index contributed by atoms with van der Waals surface area (Å²) in [5.41, 5.74) is 5.05. The van der Waals surface area contributed by atoms with Crippen LogP contribution in [-0.2, 0) is 0 Å². The predicted octanol–water partition coefficient (Wildman–Crippen LogP) is 4.62. The third kappa shape index (κ3) is 2.11. The summed E-state index contributed by atoms with van der Waals surface area (Å²) < 4.78 is 1.70. The molecule has 0 aliphatic heterocycles. The molecular weight excluding hydrogens is 322 g/mol. The summed E-state index contributed by atoms with van der Waals surface area (Å²) in [5.74, 6) is -0.127. The maximum atomic E-state index is 10.6. The minimum absolute atomic E-state index is 0.0593. The lowest BCUT2D eigenvalue weighted by atomic mass is 10.00. The average molecular weight is 339 g/mol. The molecule has 0 aliphatic carbocycles. The van der Waals surface area contributed by atoms with Crippen LogP contribution < -0.4 is 0 Å². The van der Waals surface area contributed by atoms with Crippen LogP contribution in [0.1, 0.15) is 25.3 Å². The molecule has 122 valence electrons. The second kappa shape index (κ2) is 5.42. The molecule has 0 bridgehead atoms. The minimum Gasteiger partial charge on any atom is -0.503 e. The van der Waals surface area contributed by atoms with E-state index in [-0.39, 0.29) is 17.5 Å². The number of nitrogens with zero attached hydrogens (tertiary/aromatic N) is 2. The summed E-state index contributed by atoms with van der Waals surface area (Å²) in [6, 6.07) is 7.70. The van der Waals surface area contributed by atoms with E-state index in [1.165, 1.54) is 0 Å². The van der Waals surface area contributed by atoms with Crippen molar-refractivity contribution in [2.45, 2.75) is 19.8 Å². The number of hydrogen-bond donors (Lipinski definition) is 3. The Morgan fingerprint density at radius 1 is 1.21 bits per heavy atom. The maximum Gasteiger partial charge on any atom is 0.240 e. The van der Waals surface area contributed by atoms with Crippen molar-refractivity contribution in [1.29, 1.82) is 0 Å². The van der Waals surface area contributed by atoms with Crippen LogP contribution in [-0.4, -0.2) is 24.7 Å². The van der Waals surface area contributed by atoms with Gasteiger partial charge in [0.15, 0.2) is 5.75 Å². The number of aromatic amines is 1. The van der Waals surface area contributed by atoms with Gasteiger partial charge in [-0.1, -0.05) is 13.8 Å². The minimum atomic E-state index is -0.140. The maximum absolute atomic E-state index is 10.6. The van der Waals surface area contributed by atoms with E-state index in [0.29, 0.717) is 0 Å². The Balaban J connectivity index is 2.05. The second-order valence-corrected chi connectivity index (χ2v) is 6.82. The molecule has 3 heterocycles. The van der Waals surface area contributed by atoms with Gasteiger partial charge in [0.25, 0.3) is 0 Å². The van der Waals surface area contributed by atoms with Crippen LogP contribution in [0.3, 0.4) is 0 Å². The van der Waals surface area contributed by atoms with Gasteiger partial charge in [0.2, 0.25) is 5.88 Å².